The van der Waals surface area contributed by atoms with Crippen molar-refractivity contribution in [2.75, 3.05) is 0 Å². The molecule has 1 nitrogen and oxygen atoms in total. The molecule has 0 fully saturated rings. The SMILES string of the molecule is CCCCC[n+]1cccc(C)c1.F[B-](F)(F)C(F)(F)C(F)(F)F. The number of rotatable bonds is 5. The topological polar surface area (TPSA) is 3.88 Å². The van der Waals surface area contributed by atoms with Gasteiger partial charge in [0.15, 0.2) is 12.4 Å². The first kappa shape index (κ1) is 21.7. The molecule has 0 unspecified atom stereocenters. The summed E-state index contributed by atoms with van der Waals surface area (Å²) in [5, 5.41) is 0. The maximum atomic E-state index is 11.2. The molecule has 23 heavy (non-hydrogen) atoms. The van der Waals surface area contributed by atoms with E-state index in [0.717, 1.165) is 6.54 Å². The largest absolute Gasteiger partial charge is 0.558 e. The fourth-order valence-corrected chi connectivity index (χ4v) is 1.52. The number of unbranched alkanes of at least 4 members (excludes halogenated alkanes) is 2. The van der Waals surface area contributed by atoms with Crippen molar-refractivity contribution in [2.24, 2.45) is 0 Å². The van der Waals surface area contributed by atoms with Gasteiger partial charge in [-0.1, -0.05) is 13.3 Å². The molecule has 1 aromatic rings. The van der Waals surface area contributed by atoms with Gasteiger partial charge in [0.05, 0.1) is 0 Å². The van der Waals surface area contributed by atoms with Gasteiger partial charge in [0.25, 0.3) is 0 Å². The fraction of sp³-hybridized carbons (Fsp3) is 0.615. The van der Waals surface area contributed by atoms with Crippen LogP contribution in [0.5, 0.6) is 0 Å². The predicted octanol–water partition coefficient (Wildman–Crippen LogP) is 5.04. The van der Waals surface area contributed by atoms with Crippen LogP contribution in [-0.2, 0) is 6.54 Å². The number of alkyl halides is 5. The molecule has 0 N–H and O–H groups in total. The Bertz CT molecular complexity index is 454. The van der Waals surface area contributed by atoms with Gasteiger partial charge in [-0.15, -0.1) is 0 Å². The zero-order valence-corrected chi connectivity index (χ0v) is 12.7. The van der Waals surface area contributed by atoms with Crippen LogP contribution in [-0.4, -0.2) is 19.0 Å². The molecule has 0 bridgehead atoms. The van der Waals surface area contributed by atoms with Crippen LogP contribution in [0.1, 0.15) is 31.7 Å². The van der Waals surface area contributed by atoms with E-state index in [1.165, 1.54) is 24.8 Å². The van der Waals surface area contributed by atoms with Crippen molar-refractivity contribution < 1.29 is 39.5 Å². The first-order valence-corrected chi connectivity index (χ1v) is 6.92. The molecule has 0 spiro atoms. The Morgan fingerprint density at radius 1 is 1.04 bits per heavy atom. The Hall–Kier alpha value is -1.35. The summed E-state index contributed by atoms with van der Waals surface area (Å²) in [4.78, 5) is 0. The zero-order valence-electron chi connectivity index (χ0n) is 12.7. The van der Waals surface area contributed by atoms with Crippen molar-refractivity contribution >= 4 is 6.98 Å². The van der Waals surface area contributed by atoms with Gasteiger partial charge in [-0.2, -0.15) is 13.2 Å². The Kier molecular flexibility index (Phi) is 7.99. The van der Waals surface area contributed by atoms with Crippen LogP contribution in [0, 0.1) is 6.92 Å². The minimum atomic E-state index is -7.21. The number of aryl methyl sites for hydroxylation is 2. The van der Waals surface area contributed by atoms with Crippen molar-refractivity contribution in [3.8, 4) is 0 Å². The highest BCUT2D eigenvalue weighted by molar-refractivity contribution is 6.61. The van der Waals surface area contributed by atoms with E-state index in [4.69, 9.17) is 0 Å². The second-order valence-corrected chi connectivity index (χ2v) is 5.02. The summed E-state index contributed by atoms with van der Waals surface area (Å²) in [6.45, 7) is -1.67. The first-order valence-electron chi connectivity index (χ1n) is 6.92. The molecule has 0 amide bonds. The van der Waals surface area contributed by atoms with E-state index < -0.39 is 19.0 Å². The molecule has 0 aliphatic rings. The highest BCUT2D eigenvalue weighted by Crippen LogP contribution is 2.43. The summed E-state index contributed by atoms with van der Waals surface area (Å²) < 4.78 is 90.1. The monoisotopic (exact) mass is 351 g/mol. The van der Waals surface area contributed by atoms with Gasteiger partial charge in [-0.3, -0.25) is 0 Å². The van der Waals surface area contributed by atoms with Crippen molar-refractivity contribution in [1.82, 2.24) is 0 Å². The van der Waals surface area contributed by atoms with Crippen LogP contribution in [0.4, 0.5) is 34.9 Å². The van der Waals surface area contributed by atoms with Gasteiger partial charge < -0.3 is 12.9 Å². The summed E-state index contributed by atoms with van der Waals surface area (Å²) >= 11 is 0. The summed E-state index contributed by atoms with van der Waals surface area (Å²) in [7, 11) is 0. The first-order chi connectivity index (χ1) is 10.3. The summed E-state index contributed by atoms with van der Waals surface area (Å²) in [5.74, 6) is -6.56. The molecule has 0 aliphatic carbocycles. The van der Waals surface area contributed by atoms with Gasteiger partial charge in [0.1, 0.15) is 6.54 Å². The highest BCUT2D eigenvalue weighted by atomic mass is 19.4. The molecule has 0 aliphatic heterocycles. The maximum Gasteiger partial charge on any atom is 0.558 e. The molecule has 0 saturated carbocycles. The van der Waals surface area contributed by atoms with Gasteiger partial charge in [0.2, 0.25) is 0 Å². The normalized spacial score (nSPS) is 12.6. The average Bonchev–Trinajstić information content (AvgIpc) is 2.37. The number of pyridine rings is 1. The van der Waals surface area contributed by atoms with Gasteiger partial charge in [-0.05, 0) is 19.4 Å². The van der Waals surface area contributed by atoms with E-state index in [-0.39, 0.29) is 0 Å². The molecule has 0 saturated heterocycles. The third kappa shape index (κ3) is 7.17. The molecular weight excluding hydrogens is 333 g/mol. The molecule has 0 radical (unpaired) electrons. The number of aromatic nitrogens is 1. The van der Waals surface area contributed by atoms with E-state index in [1.807, 2.05) is 0 Å². The highest BCUT2D eigenvalue weighted by Gasteiger charge is 2.69. The van der Waals surface area contributed by atoms with Crippen LogP contribution in [0.2, 0.25) is 0 Å². The van der Waals surface area contributed by atoms with E-state index in [1.54, 1.807) is 0 Å². The summed E-state index contributed by atoms with van der Waals surface area (Å²) in [5.41, 5.74) is 1.34. The zero-order chi connectivity index (χ0) is 18.3. The molecule has 0 aromatic carbocycles. The lowest BCUT2D eigenvalue weighted by atomic mass is 9.80. The lowest BCUT2D eigenvalue weighted by molar-refractivity contribution is -0.697. The van der Waals surface area contributed by atoms with E-state index >= 15 is 0 Å². The molecule has 134 valence electrons. The van der Waals surface area contributed by atoms with Crippen LogP contribution in [0.15, 0.2) is 24.5 Å². The Balaban J connectivity index is 0.000000423. The van der Waals surface area contributed by atoms with Crippen molar-refractivity contribution in [2.45, 2.75) is 51.7 Å². The molecule has 1 heterocycles. The standard InChI is InChI=1S/C11H18N.C2BF8/c1-3-4-5-8-12-9-6-7-11(2)10-12;4-1(5,2(6,7)8)3(9,10)11/h6-7,9-10H,3-5,8H2,1-2H3;/q+1;-1. The molecular formula is C13H18BF8N. The molecule has 10 heteroatoms. The smallest absolute Gasteiger partial charge is 0.445 e. The predicted molar refractivity (Wildman–Crippen MR) is 71.0 cm³/mol. The third-order valence-electron chi connectivity index (χ3n) is 2.82. The van der Waals surface area contributed by atoms with Crippen LogP contribution >= 0.6 is 0 Å². The van der Waals surface area contributed by atoms with E-state index in [0.29, 0.717) is 0 Å². The Morgan fingerprint density at radius 2 is 1.61 bits per heavy atom. The van der Waals surface area contributed by atoms with Crippen molar-refractivity contribution in [1.29, 1.82) is 0 Å². The minimum Gasteiger partial charge on any atom is -0.445 e. The van der Waals surface area contributed by atoms with E-state index in [2.05, 4.69) is 42.9 Å². The van der Waals surface area contributed by atoms with Gasteiger partial charge in [-0.25, -0.2) is 13.3 Å². The number of hydrogen-bond donors (Lipinski definition) is 0. The van der Waals surface area contributed by atoms with E-state index in [9.17, 15) is 34.9 Å². The number of nitrogens with zero attached hydrogens (tertiary/aromatic N) is 1. The van der Waals surface area contributed by atoms with Crippen molar-refractivity contribution in [3.05, 3.63) is 30.1 Å². The fourth-order valence-electron chi connectivity index (χ4n) is 1.52. The third-order valence-corrected chi connectivity index (χ3v) is 2.82. The van der Waals surface area contributed by atoms with Gasteiger partial charge >= 0.3 is 19.0 Å². The molecule has 0 atom stereocenters. The van der Waals surface area contributed by atoms with Crippen LogP contribution in [0.25, 0.3) is 0 Å². The minimum absolute atomic E-state index is 1.16. The lowest BCUT2D eigenvalue weighted by Crippen LogP contribution is -2.53. The van der Waals surface area contributed by atoms with Crippen molar-refractivity contribution in [3.63, 3.8) is 0 Å². The Labute approximate surface area is 129 Å². The summed E-state index contributed by atoms with van der Waals surface area (Å²) in [6, 6.07) is 4.25. The number of hydrogen-bond acceptors (Lipinski definition) is 0. The van der Waals surface area contributed by atoms with Crippen LogP contribution in [0.3, 0.4) is 0 Å². The van der Waals surface area contributed by atoms with Gasteiger partial charge in [0, 0.05) is 18.1 Å². The average molecular weight is 351 g/mol. The Morgan fingerprint density at radius 3 is 1.96 bits per heavy atom. The number of halogens is 8. The molecule has 1 aromatic heterocycles. The lowest BCUT2D eigenvalue weighted by Gasteiger charge is -2.28. The quantitative estimate of drug-likeness (QED) is 0.303. The van der Waals surface area contributed by atoms with Crippen LogP contribution < -0.4 is 4.57 Å². The summed E-state index contributed by atoms with van der Waals surface area (Å²) in [6.07, 6.45) is 1.72. The second kappa shape index (κ2) is 8.49. The molecule has 1 rings (SSSR count). The maximum absolute atomic E-state index is 11.2. The second-order valence-electron chi connectivity index (χ2n) is 5.02.